The van der Waals surface area contributed by atoms with Crippen molar-refractivity contribution >= 4 is 18.0 Å². The van der Waals surface area contributed by atoms with Gasteiger partial charge >= 0.3 is 0 Å². The first kappa shape index (κ1) is 20.3. The molecule has 0 N–H and O–H groups in total. The van der Waals surface area contributed by atoms with E-state index >= 15 is 0 Å². The summed E-state index contributed by atoms with van der Waals surface area (Å²) in [5, 5.41) is 0. The zero-order valence-electron chi connectivity index (χ0n) is 14.8. The van der Waals surface area contributed by atoms with Crippen molar-refractivity contribution in [3.05, 3.63) is 29.8 Å². The van der Waals surface area contributed by atoms with Crippen LogP contribution >= 0.6 is 11.8 Å². The van der Waals surface area contributed by atoms with Gasteiger partial charge in [-0.1, -0.05) is 77.6 Å². The molecule has 0 heterocycles. The number of unbranched alkanes of at least 4 members (excludes halogenated alkanes) is 11. The molecule has 1 rings (SSSR count). The van der Waals surface area contributed by atoms with Gasteiger partial charge in [-0.15, -0.1) is 11.8 Å². The first-order chi connectivity index (χ1) is 11.4. The molecule has 23 heavy (non-hydrogen) atoms. The highest BCUT2D eigenvalue weighted by molar-refractivity contribution is 7.99. The van der Waals surface area contributed by atoms with Crippen LogP contribution in [0.2, 0.25) is 0 Å². The third-order valence-corrected chi connectivity index (χ3v) is 5.34. The van der Waals surface area contributed by atoms with E-state index in [1.165, 1.54) is 87.7 Å². The highest BCUT2D eigenvalue weighted by atomic mass is 32.2. The second-order valence-corrected chi connectivity index (χ2v) is 7.53. The van der Waals surface area contributed by atoms with E-state index in [9.17, 15) is 4.79 Å². The number of carbonyl (C=O) groups excluding carboxylic acids is 1. The minimum absolute atomic E-state index is 0.639. The highest BCUT2D eigenvalue weighted by Crippen LogP contribution is 2.20. The highest BCUT2D eigenvalue weighted by Gasteiger charge is 1.97. The number of rotatable bonds is 15. The Bertz CT molecular complexity index is 385. The molecule has 0 aliphatic carbocycles. The summed E-state index contributed by atoms with van der Waals surface area (Å²) in [4.78, 5) is 11.7. The Kier molecular flexibility index (Phi) is 13.1. The van der Waals surface area contributed by atoms with Gasteiger partial charge in [0.1, 0.15) is 0 Å². The van der Waals surface area contributed by atoms with Gasteiger partial charge in [-0.25, -0.2) is 0 Å². The predicted molar refractivity (Wildman–Crippen MR) is 103 cm³/mol. The van der Waals surface area contributed by atoms with E-state index in [1.54, 1.807) is 0 Å². The van der Waals surface area contributed by atoms with Crippen LogP contribution in [0.4, 0.5) is 0 Å². The Labute approximate surface area is 147 Å². The van der Waals surface area contributed by atoms with Gasteiger partial charge in [0.25, 0.3) is 0 Å². The Morgan fingerprint density at radius 3 is 1.70 bits per heavy atom. The van der Waals surface area contributed by atoms with Crippen molar-refractivity contribution in [2.75, 3.05) is 5.75 Å². The standard InChI is InChI=1S/C21H33OS/c1-2-3-4-5-6-7-8-9-10-11-12-13-18-23-21-16-14-20(19-22)15-17-21/h14-17H,2-13,18H2,1H3. The van der Waals surface area contributed by atoms with Crippen LogP contribution in [0.5, 0.6) is 0 Å². The van der Waals surface area contributed by atoms with Crippen molar-refractivity contribution in [2.45, 2.75) is 88.9 Å². The molecule has 0 amide bonds. The van der Waals surface area contributed by atoms with Crippen LogP contribution in [0.15, 0.2) is 29.2 Å². The van der Waals surface area contributed by atoms with Crippen LogP contribution in [0.25, 0.3) is 0 Å². The predicted octanol–water partition coefficient (Wildman–Crippen LogP) is 6.94. The van der Waals surface area contributed by atoms with Crippen molar-refractivity contribution in [2.24, 2.45) is 0 Å². The number of benzene rings is 1. The SMILES string of the molecule is CCCCCCCCCCCCCCSc1ccc([C]=O)cc1. The molecule has 0 spiro atoms. The molecular weight excluding hydrogens is 300 g/mol. The van der Waals surface area contributed by atoms with Gasteiger partial charge in [-0.3, -0.25) is 4.79 Å². The maximum atomic E-state index is 10.5. The normalized spacial score (nSPS) is 10.8. The lowest BCUT2D eigenvalue weighted by Gasteiger charge is -2.03. The maximum Gasteiger partial charge on any atom is 0.233 e. The van der Waals surface area contributed by atoms with Crippen LogP contribution in [0.3, 0.4) is 0 Å². The van der Waals surface area contributed by atoms with Gasteiger partial charge < -0.3 is 0 Å². The molecule has 1 nitrogen and oxygen atoms in total. The molecule has 2 heteroatoms. The monoisotopic (exact) mass is 333 g/mol. The molecule has 0 aliphatic heterocycles. The molecule has 0 aromatic heterocycles. The van der Waals surface area contributed by atoms with Crippen molar-refractivity contribution in [1.82, 2.24) is 0 Å². The smallest absolute Gasteiger partial charge is 0.233 e. The fourth-order valence-corrected chi connectivity index (χ4v) is 3.66. The summed E-state index contributed by atoms with van der Waals surface area (Å²) in [7, 11) is 0. The fraction of sp³-hybridized carbons (Fsp3) is 0.667. The van der Waals surface area contributed by atoms with Crippen LogP contribution < -0.4 is 0 Å². The Balaban J connectivity index is 1.83. The summed E-state index contributed by atoms with van der Waals surface area (Å²) in [6.45, 7) is 2.28. The minimum atomic E-state index is 0.639. The quantitative estimate of drug-likeness (QED) is 0.255. The van der Waals surface area contributed by atoms with Crippen molar-refractivity contribution < 1.29 is 4.79 Å². The number of thioether (sulfide) groups is 1. The van der Waals surface area contributed by atoms with E-state index in [1.807, 2.05) is 42.3 Å². The summed E-state index contributed by atoms with van der Waals surface area (Å²) in [5.41, 5.74) is 0.639. The largest absolute Gasteiger partial charge is 0.285 e. The molecule has 0 fully saturated rings. The van der Waals surface area contributed by atoms with Gasteiger partial charge in [0.05, 0.1) is 0 Å². The lowest BCUT2D eigenvalue weighted by Crippen LogP contribution is -1.85. The average molecular weight is 334 g/mol. The molecule has 0 aliphatic rings. The van der Waals surface area contributed by atoms with E-state index < -0.39 is 0 Å². The maximum absolute atomic E-state index is 10.5. The van der Waals surface area contributed by atoms with Crippen LogP contribution in [0, 0.1) is 0 Å². The Morgan fingerprint density at radius 1 is 0.739 bits per heavy atom. The lowest BCUT2D eigenvalue weighted by atomic mass is 10.1. The number of hydrogen-bond donors (Lipinski definition) is 0. The summed E-state index contributed by atoms with van der Waals surface area (Å²) in [6.07, 6.45) is 18.7. The molecule has 0 bridgehead atoms. The van der Waals surface area contributed by atoms with Crippen molar-refractivity contribution in [1.29, 1.82) is 0 Å². The first-order valence-electron chi connectivity index (χ1n) is 9.48. The van der Waals surface area contributed by atoms with Crippen LogP contribution in [-0.2, 0) is 4.79 Å². The van der Waals surface area contributed by atoms with E-state index in [4.69, 9.17) is 0 Å². The summed E-state index contributed by atoms with van der Waals surface area (Å²) in [6, 6.07) is 7.73. The van der Waals surface area contributed by atoms with Gasteiger partial charge in [0.2, 0.25) is 6.29 Å². The topological polar surface area (TPSA) is 17.1 Å². The zero-order chi connectivity index (χ0) is 16.6. The first-order valence-corrected chi connectivity index (χ1v) is 10.5. The van der Waals surface area contributed by atoms with Crippen molar-refractivity contribution in [3.8, 4) is 0 Å². The molecule has 1 aromatic rings. The van der Waals surface area contributed by atoms with Gasteiger partial charge in [0, 0.05) is 10.5 Å². The van der Waals surface area contributed by atoms with Gasteiger partial charge in [-0.05, 0) is 36.4 Å². The van der Waals surface area contributed by atoms with E-state index in [-0.39, 0.29) is 0 Å². The van der Waals surface area contributed by atoms with E-state index in [2.05, 4.69) is 6.92 Å². The van der Waals surface area contributed by atoms with Gasteiger partial charge in [0.15, 0.2) is 0 Å². The lowest BCUT2D eigenvalue weighted by molar-refractivity contribution is 0.548. The van der Waals surface area contributed by atoms with Gasteiger partial charge in [-0.2, -0.15) is 0 Å². The molecule has 1 radical (unpaired) electrons. The Morgan fingerprint density at radius 2 is 1.22 bits per heavy atom. The molecule has 0 saturated heterocycles. The fourth-order valence-electron chi connectivity index (χ4n) is 2.75. The molecule has 0 saturated carbocycles. The minimum Gasteiger partial charge on any atom is -0.285 e. The third kappa shape index (κ3) is 11.4. The zero-order valence-corrected chi connectivity index (χ0v) is 15.6. The summed E-state index contributed by atoms with van der Waals surface area (Å²) in [5.74, 6) is 1.18. The van der Waals surface area contributed by atoms with Crippen LogP contribution in [0.1, 0.15) is 89.5 Å². The Hall–Kier alpha value is -0.760. The van der Waals surface area contributed by atoms with E-state index in [0.717, 1.165) is 0 Å². The molecule has 0 unspecified atom stereocenters. The van der Waals surface area contributed by atoms with Crippen molar-refractivity contribution in [3.63, 3.8) is 0 Å². The van der Waals surface area contributed by atoms with Crippen LogP contribution in [-0.4, -0.2) is 12.0 Å². The number of hydrogen-bond acceptors (Lipinski definition) is 2. The summed E-state index contributed by atoms with van der Waals surface area (Å²) < 4.78 is 0. The second kappa shape index (κ2) is 14.8. The second-order valence-electron chi connectivity index (χ2n) is 6.36. The molecular formula is C21H33OS. The summed E-state index contributed by atoms with van der Waals surface area (Å²) >= 11 is 1.89. The molecule has 129 valence electrons. The van der Waals surface area contributed by atoms with E-state index in [0.29, 0.717) is 5.56 Å². The molecule has 0 atom stereocenters. The average Bonchev–Trinajstić information content (AvgIpc) is 2.59. The third-order valence-electron chi connectivity index (χ3n) is 4.24. The molecule has 1 aromatic carbocycles.